The number of ether oxygens (including phenoxy) is 2. The molecule has 4 rings (SSSR count). The molecule has 4 aromatic rings. The quantitative estimate of drug-likeness (QED) is 0.0916. The van der Waals surface area contributed by atoms with E-state index >= 15 is 0 Å². The molecular weight excluding hydrogens is 595 g/mol. The van der Waals surface area contributed by atoms with Gasteiger partial charge in [-0.05, 0) is 61.6 Å². The number of halogens is 1. The van der Waals surface area contributed by atoms with Crippen LogP contribution in [0.3, 0.4) is 0 Å². The summed E-state index contributed by atoms with van der Waals surface area (Å²) in [6.45, 7) is 5.35. The van der Waals surface area contributed by atoms with E-state index in [0.29, 0.717) is 6.42 Å². The van der Waals surface area contributed by atoms with E-state index in [9.17, 15) is 18.8 Å². The van der Waals surface area contributed by atoms with Crippen LogP contribution in [0.5, 0.6) is 0 Å². The monoisotopic (exact) mass is 636 g/mol. The van der Waals surface area contributed by atoms with E-state index in [1.165, 1.54) is 24.3 Å². The maximum Gasteiger partial charge on any atom is 0.408 e. The van der Waals surface area contributed by atoms with Crippen molar-refractivity contribution in [2.24, 2.45) is 0 Å². The molecule has 8 heteroatoms. The first-order valence-electron chi connectivity index (χ1n) is 15.6. The second-order valence-corrected chi connectivity index (χ2v) is 12.1. The van der Waals surface area contributed by atoms with E-state index in [0.717, 1.165) is 22.3 Å². The van der Waals surface area contributed by atoms with E-state index in [-0.39, 0.29) is 31.2 Å². The second kappa shape index (κ2) is 16.4. The molecule has 2 amide bonds. The molecule has 47 heavy (non-hydrogen) atoms. The summed E-state index contributed by atoms with van der Waals surface area (Å²) in [5.41, 5.74) is 1.76. The molecule has 0 aliphatic heterocycles. The first-order valence-corrected chi connectivity index (χ1v) is 15.6. The fourth-order valence-electron chi connectivity index (χ4n) is 5.18. The van der Waals surface area contributed by atoms with Crippen LogP contribution in [-0.4, -0.2) is 36.2 Å². The molecule has 7 nitrogen and oxygen atoms in total. The van der Waals surface area contributed by atoms with Crippen LogP contribution in [-0.2, 0) is 31.0 Å². The normalized spacial score (nSPS) is 12.3. The fourth-order valence-corrected chi connectivity index (χ4v) is 5.18. The zero-order valence-corrected chi connectivity index (χ0v) is 26.9. The first-order chi connectivity index (χ1) is 22.5. The highest BCUT2D eigenvalue weighted by atomic mass is 19.1. The summed E-state index contributed by atoms with van der Waals surface area (Å²) in [5.74, 6) is -1.20. The van der Waals surface area contributed by atoms with E-state index in [1.807, 2.05) is 91.0 Å². The zero-order valence-electron chi connectivity index (χ0n) is 26.9. The molecule has 0 saturated carbocycles. The predicted molar refractivity (Wildman–Crippen MR) is 180 cm³/mol. The molecular formula is C39H41FN2O5. The van der Waals surface area contributed by atoms with Crippen LogP contribution in [0.15, 0.2) is 127 Å². The topological polar surface area (TPSA) is 93.7 Å². The Morgan fingerprint density at radius 2 is 1.28 bits per heavy atom. The SMILES string of the molecule is CC(C)(C)OC(=O)N[C@H](/C=C/C(=O)OCCc1ccc(F)cc1)CCC(=O)NC(c1ccccc1)(c1ccccc1)c1ccccc1. The Bertz CT molecular complexity index is 1520. The lowest BCUT2D eigenvalue weighted by molar-refractivity contribution is -0.137. The van der Waals surface area contributed by atoms with Gasteiger partial charge in [0.05, 0.1) is 12.6 Å². The second-order valence-electron chi connectivity index (χ2n) is 12.1. The average Bonchev–Trinajstić information content (AvgIpc) is 3.06. The Labute approximate surface area is 275 Å². The molecule has 0 radical (unpaired) electrons. The van der Waals surface area contributed by atoms with Gasteiger partial charge in [-0.1, -0.05) is 109 Å². The lowest BCUT2D eigenvalue weighted by Gasteiger charge is -2.37. The van der Waals surface area contributed by atoms with Crippen LogP contribution >= 0.6 is 0 Å². The van der Waals surface area contributed by atoms with E-state index in [1.54, 1.807) is 32.9 Å². The number of esters is 1. The van der Waals surface area contributed by atoms with Gasteiger partial charge in [0, 0.05) is 18.9 Å². The minimum Gasteiger partial charge on any atom is -0.462 e. The summed E-state index contributed by atoms with van der Waals surface area (Å²) in [7, 11) is 0. The highest BCUT2D eigenvalue weighted by Crippen LogP contribution is 2.37. The summed E-state index contributed by atoms with van der Waals surface area (Å²) in [6.07, 6.45) is 2.68. The number of carbonyl (C=O) groups is 3. The van der Waals surface area contributed by atoms with E-state index < -0.39 is 29.2 Å². The number of carbonyl (C=O) groups excluding carboxylic acids is 3. The molecule has 0 bridgehead atoms. The van der Waals surface area contributed by atoms with Gasteiger partial charge in [-0.2, -0.15) is 0 Å². The van der Waals surface area contributed by atoms with Crippen LogP contribution in [0.4, 0.5) is 9.18 Å². The van der Waals surface area contributed by atoms with Gasteiger partial charge in [-0.15, -0.1) is 0 Å². The number of hydrogen-bond acceptors (Lipinski definition) is 5. The van der Waals surface area contributed by atoms with Gasteiger partial charge in [0.15, 0.2) is 0 Å². The Morgan fingerprint density at radius 3 is 1.77 bits per heavy atom. The van der Waals surface area contributed by atoms with Crippen molar-refractivity contribution in [1.82, 2.24) is 10.6 Å². The van der Waals surface area contributed by atoms with Crippen molar-refractivity contribution in [3.8, 4) is 0 Å². The van der Waals surface area contributed by atoms with Gasteiger partial charge >= 0.3 is 12.1 Å². The maximum atomic E-state index is 13.8. The molecule has 244 valence electrons. The maximum absolute atomic E-state index is 13.8. The lowest BCUT2D eigenvalue weighted by atomic mass is 9.77. The fraction of sp³-hybridized carbons (Fsp3) is 0.256. The summed E-state index contributed by atoms with van der Waals surface area (Å²) < 4.78 is 23.9. The van der Waals surface area contributed by atoms with Gasteiger partial charge in [0.25, 0.3) is 0 Å². The van der Waals surface area contributed by atoms with Crippen LogP contribution in [0.2, 0.25) is 0 Å². The Hall–Kier alpha value is -5.24. The molecule has 0 aromatic heterocycles. The van der Waals surface area contributed by atoms with Gasteiger partial charge in [-0.25, -0.2) is 14.0 Å². The van der Waals surface area contributed by atoms with Crippen molar-refractivity contribution >= 4 is 18.0 Å². The van der Waals surface area contributed by atoms with E-state index in [2.05, 4.69) is 10.6 Å². The Morgan fingerprint density at radius 1 is 0.766 bits per heavy atom. The van der Waals surface area contributed by atoms with Crippen molar-refractivity contribution in [2.75, 3.05) is 6.61 Å². The zero-order chi connectivity index (χ0) is 33.7. The van der Waals surface area contributed by atoms with Crippen molar-refractivity contribution in [3.05, 3.63) is 155 Å². The smallest absolute Gasteiger partial charge is 0.408 e. The molecule has 1 atom stereocenters. The number of benzene rings is 4. The predicted octanol–water partition coefficient (Wildman–Crippen LogP) is 7.25. The number of hydrogen-bond donors (Lipinski definition) is 2. The number of alkyl carbamates (subject to hydrolysis) is 1. The van der Waals surface area contributed by atoms with Crippen LogP contribution < -0.4 is 10.6 Å². The standard InChI is InChI=1S/C39H41FN2O5/c1-38(2,3)47-37(45)41-34(24-26-36(44)46-28-27-29-19-21-33(40)22-20-29)23-25-35(43)42-39(30-13-7-4-8-14-30,31-15-9-5-10-16-31)32-17-11-6-12-18-32/h4-22,24,26,34H,23,25,27-28H2,1-3H3,(H,41,45)(H,42,43)/b26-24+/t34-/m0/s1. The molecule has 0 aliphatic rings. The van der Waals surface area contributed by atoms with Crippen molar-refractivity contribution < 1.29 is 28.2 Å². The third kappa shape index (κ3) is 10.4. The minimum absolute atomic E-state index is 0.0265. The lowest BCUT2D eigenvalue weighted by Crippen LogP contribution is -2.48. The highest BCUT2D eigenvalue weighted by molar-refractivity contribution is 5.82. The average molecular weight is 637 g/mol. The van der Waals surface area contributed by atoms with Crippen molar-refractivity contribution in [1.29, 1.82) is 0 Å². The number of rotatable bonds is 13. The first kappa shape index (κ1) is 34.6. The molecule has 4 aromatic carbocycles. The molecule has 0 saturated heterocycles. The molecule has 0 unspecified atom stereocenters. The van der Waals surface area contributed by atoms with Gasteiger partial charge in [0.1, 0.15) is 17.0 Å². The summed E-state index contributed by atoms with van der Waals surface area (Å²) >= 11 is 0. The van der Waals surface area contributed by atoms with E-state index in [4.69, 9.17) is 9.47 Å². The molecule has 2 N–H and O–H groups in total. The largest absolute Gasteiger partial charge is 0.462 e. The summed E-state index contributed by atoms with van der Waals surface area (Å²) in [4.78, 5) is 39.0. The molecule has 0 fully saturated rings. The van der Waals surface area contributed by atoms with Crippen LogP contribution in [0.25, 0.3) is 0 Å². The highest BCUT2D eigenvalue weighted by Gasteiger charge is 2.37. The molecule has 0 spiro atoms. The molecule has 0 aliphatic carbocycles. The minimum atomic E-state index is -0.987. The van der Waals surface area contributed by atoms with Gasteiger partial charge in [-0.3, -0.25) is 4.79 Å². The van der Waals surface area contributed by atoms with Crippen LogP contribution in [0.1, 0.15) is 55.9 Å². The Kier molecular flexibility index (Phi) is 12.1. The Balaban J connectivity index is 1.51. The number of amides is 2. The van der Waals surface area contributed by atoms with Crippen molar-refractivity contribution in [2.45, 2.75) is 57.2 Å². The molecule has 0 heterocycles. The van der Waals surface area contributed by atoms with Gasteiger partial charge < -0.3 is 20.1 Å². The third-order valence-corrected chi connectivity index (χ3v) is 7.34. The summed E-state index contributed by atoms with van der Waals surface area (Å²) in [5, 5.41) is 6.07. The number of nitrogens with one attached hydrogen (secondary N) is 2. The summed E-state index contributed by atoms with van der Waals surface area (Å²) in [6, 6.07) is 34.6. The van der Waals surface area contributed by atoms with Crippen molar-refractivity contribution in [3.63, 3.8) is 0 Å². The van der Waals surface area contributed by atoms with Gasteiger partial charge in [0.2, 0.25) is 5.91 Å². The third-order valence-electron chi connectivity index (χ3n) is 7.34. The van der Waals surface area contributed by atoms with Crippen LogP contribution in [0, 0.1) is 5.82 Å².